The van der Waals surface area contributed by atoms with Crippen molar-refractivity contribution in [2.75, 3.05) is 0 Å². The molecule has 0 aliphatic rings. The number of hydrogen-bond acceptors (Lipinski definition) is 4. The number of rotatable bonds is 4. The molecule has 0 atom stereocenters. The lowest BCUT2D eigenvalue weighted by Gasteiger charge is -2.12. The van der Waals surface area contributed by atoms with E-state index in [0.29, 0.717) is 23.7 Å². The minimum absolute atomic E-state index is 0.0297. The average molecular weight is 269 g/mol. The number of aldehydes is 2. The van der Waals surface area contributed by atoms with Crippen LogP contribution in [-0.2, 0) is 11.2 Å². The molecular weight excluding hydrogens is 256 g/mol. The van der Waals surface area contributed by atoms with Crippen LogP contribution in [0.15, 0.2) is 11.6 Å². The highest BCUT2D eigenvalue weighted by Crippen LogP contribution is 2.40. The van der Waals surface area contributed by atoms with E-state index in [2.05, 4.69) is 0 Å². The molecule has 0 fully saturated rings. The van der Waals surface area contributed by atoms with Gasteiger partial charge in [0.15, 0.2) is 6.29 Å². The van der Waals surface area contributed by atoms with Gasteiger partial charge in [-0.15, -0.1) is 0 Å². The van der Waals surface area contributed by atoms with Crippen molar-refractivity contribution in [2.24, 2.45) is 0 Å². The fourth-order valence-electron chi connectivity index (χ4n) is 1.53. The van der Waals surface area contributed by atoms with Gasteiger partial charge in [0, 0.05) is 5.56 Å². The van der Waals surface area contributed by atoms with Crippen LogP contribution in [0.4, 0.5) is 0 Å². The van der Waals surface area contributed by atoms with Crippen molar-refractivity contribution in [3.63, 3.8) is 0 Å². The maximum atomic E-state index is 10.9. The fraction of sp³-hybridized carbons (Fsp3) is 0.231. The lowest BCUT2D eigenvalue weighted by molar-refractivity contribution is -0.104. The summed E-state index contributed by atoms with van der Waals surface area (Å²) in [6.45, 7) is 3.12. The van der Waals surface area contributed by atoms with E-state index in [1.54, 1.807) is 6.92 Å². The molecule has 0 amide bonds. The van der Waals surface area contributed by atoms with Crippen molar-refractivity contribution in [2.45, 2.75) is 20.3 Å². The third kappa shape index (κ3) is 2.54. The molecule has 0 aliphatic carbocycles. The molecule has 96 valence electrons. The van der Waals surface area contributed by atoms with Crippen LogP contribution in [0.5, 0.6) is 11.5 Å². The molecule has 0 bridgehead atoms. The number of carbonyl (C=O) groups is 2. The van der Waals surface area contributed by atoms with Gasteiger partial charge in [-0.2, -0.15) is 0 Å². The predicted octanol–water partition coefficient (Wildman–Crippen LogP) is 2.56. The minimum atomic E-state index is -0.306. The summed E-state index contributed by atoms with van der Waals surface area (Å²) in [6, 6.07) is 0. The Hall–Kier alpha value is -1.81. The lowest BCUT2D eigenvalue weighted by Crippen LogP contribution is -1.96. The minimum Gasteiger partial charge on any atom is -0.507 e. The first kappa shape index (κ1) is 14.3. The highest BCUT2D eigenvalue weighted by Gasteiger charge is 2.19. The van der Waals surface area contributed by atoms with Crippen molar-refractivity contribution in [3.05, 3.63) is 33.4 Å². The van der Waals surface area contributed by atoms with Gasteiger partial charge < -0.3 is 10.2 Å². The Morgan fingerprint density at radius 2 is 1.89 bits per heavy atom. The summed E-state index contributed by atoms with van der Waals surface area (Å²) in [6.07, 6.45) is 2.78. The highest BCUT2D eigenvalue weighted by molar-refractivity contribution is 6.33. The number of benzene rings is 1. The Morgan fingerprint density at radius 1 is 1.28 bits per heavy atom. The van der Waals surface area contributed by atoms with Crippen molar-refractivity contribution >= 4 is 24.2 Å². The molecule has 0 saturated carbocycles. The van der Waals surface area contributed by atoms with E-state index >= 15 is 0 Å². The smallest absolute Gasteiger partial charge is 0.154 e. The summed E-state index contributed by atoms with van der Waals surface area (Å²) in [7, 11) is 0. The summed E-state index contributed by atoms with van der Waals surface area (Å²) in [4.78, 5) is 21.4. The Labute approximate surface area is 110 Å². The molecule has 0 aromatic heterocycles. The zero-order valence-electron chi connectivity index (χ0n) is 10.0. The lowest BCUT2D eigenvalue weighted by atomic mass is 9.99. The number of halogens is 1. The molecule has 5 heteroatoms. The van der Waals surface area contributed by atoms with Gasteiger partial charge in [0.25, 0.3) is 0 Å². The van der Waals surface area contributed by atoms with Crippen LogP contribution in [0.25, 0.3) is 0 Å². The second kappa shape index (κ2) is 5.69. The number of hydrogen-bond donors (Lipinski definition) is 2. The first-order valence-electron chi connectivity index (χ1n) is 5.24. The van der Waals surface area contributed by atoms with E-state index in [1.807, 2.05) is 0 Å². The second-order valence-electron chi connectivity index (χ2n) is 3.92. The normalized spacial score (nSPS) is 11.4. The van der Waals surface area contributed by atoms with Gasteiger partial charge in [-0.3, -0.25) is 9.59 Å². The van der Waals surface area contributed by atoms with Gasteiger partial charge in [-0.1, -0.05) is 17.7 Å². The molecule has 0 spiro atoms. The van der Waals surface area contributed by atoms with E-state index < -0.39 is 0 Å². The van der Waals surface area contributed by atoms with Gasteiger partial charge >= 0.3 is 0 Å². The first-order chi connectivity index (χ1) is 8.43. The molecule has 1 rings (SSSR count). The Morgan fingerprint density at radius 3 is 2.39 bits per heavy atom. The van der Waals surface area contributed by atoms with Crippen molar-refractivity contribution < 1.29 is 19.8 Å². The molecular formula is C13H13ClO4. The number of phenolic OH excluding ortho intramolecular Hbond substituents is 2. The van der Waals surface area contributed by atoms with Crippen LogP contribution < -0.4 is 0 Å². The molecule has 4 nitrogen and oxygen atoms in total. The molecule has 0 aliphatic heterocycles. The van der Waals surface area contributed by atoms with Gasteiger partial charge in [-0.05, 0) is 31.4 Å². The van der Waals surface area contributed by atoms with E-state index in [0.717, 1.165) is 0 Å². The van der Waals surface area contributed by atoms with E-state index in [1.165, 1.54) is 13.0 Å². The summed E-state index contributed by atoms with van der Waals surface area (Å²) in [5, 5.41) is 19.8. The first-order valence-corrected chi connectivity index (χ1v) is 5.61. The van der Waals surface area contributed by atoms with Crippen LogP contribution in [-0.4, -0.2) is 22.8 Å². The van der Waals surface area contributed by atoms with Crippen LogP contribution in [0.2, 0.25) is 5.02 Å². The molecule has 0 unspecified atom stereocenters. The Balaban J connectivity index is 3.40. The molecule has 0 saturated heterocycles. The average Bonchev–Trinajstić information content (AvgIpc) is 2.36. The second-order valence-corrected chi connectivity index (χ2v) is 4.29. The number of allylic oxidation sites excluding steroid dienone is 2. The third-order valence-electron chi connectivity index (χ3n) is 2.70. The van der Waals surface area contributed by atoms with Crippen LogP contribution >= 0.6 is 11.6 Å². The predicted molar refractivity (Wildman–Crippen MR) is 68.4 cm³/mol. The van der Waals surface area contributed by atoms with Crippen molar-refractivity contribution in [1.29, 1.82) is 0 Å². The number of phenols is 2. The van der Waals surface area contributed by atoms with Gasteiger partial charge in [0.05, 0.1) is 10.6 Å². The SMILES string of the molecule is C/C(C=O)=C\Cc1c(O)c(Cl)c(C)c(C=O)c1O. The highest BCUT2D eigenvalue weighted by atomic mass is 35.5. The topological polar surface area (TPSA) is 74.6 Å². The largest absolute Gasteiger partial charge is 0.507 e. The number of carbonyl (C=O) groups excluding carboxylic acids is 2. The molecule has 18 heavy (non-hydrogen) atoms. The Kier molecular flexibility index (Phi) is 4.50. The summed E-state index contributed by atoms with van der Waals surface area (Å²) in [5.41, 5.74) is 0.957. The summed E-state index contributed by atoms with van der Waals surface area (Å²) >= 11 is 5.88. The van der Waals surface area contributed by atoms with E-state index in [9.17, 15) is 19.8 Å². The van der Waals surface area contributed by atoms with Crippen LogP contribution in [0, 0.1) is 6.92 Å². The van der Waals surface area contributed by atoms with Gasteiger partial charge in [0.2, 0.25) is 0 Å². The zero-order chi connectivity index (χ0) is 13.9. The van der Waals surface area contributed by atoms with Gasteiger partial charge in [0.1, 0.15) is 17.8 Å². The maximum Gasteiger partial charge on any atom is 0.154 e. The monoisotopic (exact) mass is 268 g/mol. The fourth-order valence-corrected chi connectivity index (χ4v) is 1.75. The summed E-state index contributed by atoms with van der Waals surface area (Å²) < 4.78 is 0. The number of aromatic hydroxyl groups is 2. The van der Waals surface area contributed by atoms with Crippen LogP contribution in [0.1, 0.15) is 28.4 Å². The standard InChI is InChI=1S/C13H13ClO4/c1-7(5-15)3-4-9-12(17)10(6-16)8(2)11(14)13(9)18/h3,5-6,17-18H,4H2,1-2H3/b7-3+. The molecule has 2 N–H and O–H groups in total. The molecule has 0 radical (unpaired) electrons. The van der Waals surface area contributed by atoms with Crippen LogP contribution in [0.3, 0.4) is 0 Å². The van der Waals surface area contributed by atoms with Gasteiger partial charge in [-0.25, -0.2) is 0 Å². The molecule has 1 aromatic carbocycles. The quantitative estimate of drug-likeness (QED) is 0.650. The van der Waals surface area contributed by atoms with E-state index in [4.69, 9.17) is 11.6 Å². The molecule has 0 heterocycles. The van der Waals surface area contributed by atoms with Crippen molar-refractivity contribution in [3.8, 4) is 11.5 Å². The third-order valence-corrected chi connectivity index (χ3v) is 3.16. The molecule has 1 aromatic rings. The Bertz CT molecular complexity index is 533. The summed E-state index contributed by atoms with van der Waals surface area (Å²) in [5.74, 6) is -0.577. The maximum absolute atomic E-state index is 10.9. The van der Waals surface area contributed by atoms with Crippen molar-refractivity contribution in [1.82, 2.24) is 0 Å². The van der Waals surface area contributed by atoms with E-state index in [-0.39, 0.29) is 34.1 Å². The zero-order valence-corrected chi connectivity index (χ0v) is 10.8.